The molecule has 0 fully saturated rings. The molecule has 3 heterocycles. The van der Waals surface area contributed by atoms with Crippen LogP contribution in [-0.2, 0) is 20.0 Å². The second kappa shape index (κ2) is 4.70. The fourth-order valence-corrected chi connectivity index (χ4v) is 2.41. The van der Waals surface area contributed by atoms with Gasteiger partial charge in [-0.05, 0) is 19.4 Å². The van der Waals surface area contributed by atoms with Crippen LogP contribution in [0.2, 0.25) is 0 Å². The molecule has 6 heteroatoms. The van der Waals surface area contributed by atoms with E-state index in [9.17, 15) is 4.79 Å². The SMILES string of the molecule is Cc1cnc(N2CCc3nc(C)n(C)c(=O)c3C2)nc1. The molecule has 0 bridgehead atoms. The minimum atomic E-state index is 0.0318. The fourth-order valence-electron chi connectivity index (χ4n) is 2.41. The van der Waals surface area contributed by atoms with Crippen LogP contribution < -0.4 is 10.5 Å². The van der Waals surface area contributed by atoms with Crippen LogP contribution in [0.15, 0.2) is 17.2 Å². The summed E-state index contributed by atoms with van der Waals surface area (Å²) in [5.41, 5.74) is 2.73. The predicted octanol–water partition coefficient (Wildman–Crippen LogP) is 0.750. The van der Waals surface area contributed by atoms with E-state index in [1.807, 2.05) is 18.7 Å². The Morgan fingerprint density at radius 3 is 2.60 bits per heavy atom. The smallest absolute Gasteiger partial charge is 0.258 e. The van der Waals surface area contributed by atoms with Gasteiger partial charge in [0.2, 0.25) is 5.95 Å². The summed E-state index contributed by atoms with van der Waals surface area (Å²) in [7, 11) is 1.76. The lowest BCUT2D eigenvalue weighted by Gasteiger charge is -2.28. The summed E-state index contributed by atoms with van der Waals surface area (Å²) in [6.45, 7) is 5.13. The van der Waals surface area contributed by atoms with Crippen LogP contribution in [-0.4, -0.2) is 26.1 Å². The van der Waals surface area contributed by atoms with Crippen LogP contribution in [0.5, 0.6) is 0 Å². The van der Waals surface area contributed by atoms with Gasteiger partial charge in [-0.3, -0.25) is 9.36 Å². The molecule has 2 aromatic rings. The molecule has 0 saturated carbocycles. The molecule has 1 aliphatic heterocycles. The number of hydrogen-bond donors (Lipinski definition) is 0. The molecule has 0 atom stereocenters. The van der Waals surface area contributed by atoms with Gasteiger partial charge in [-0.15, -0.1) is 0 Å². The fraction of sp³-hybridized carbons (Fsp3) is 0.429. The molecule has 0 saturated heterocycles. The van der Waals surface area contributed by atoms with Crippen LogP contribution >= 0.6 is 0 Å². The second-order valence-electron chi connectivity index (χ2n) is 5.18. The van der Waals surface area contributed by atoms with E-state index in [1.165, 1.54) is 0 Å². The first kappa shape index (κ1) is 12.8. The van der Waals surface area contributed by atoms with Gasteiger partial charge in [-0.25, -0.2) is 15.0 Å². The first-order valence-electron chi connectivity index (χ1n) is 6.65. The second-order valence-corrected chi connectivity index (χ2v) is 5.18. The molecule has 6 nitrogen and oxygen atoms in total. The number of rotatable bonds is 1. The lowest BCUT2D eigenvalue weighted by Crippen LogP contribution is -2.38. The maximum Gasteiger partial charge on any atom is 0.258 e. The molecular formula is C14H17N5O. The molecule has 104 valence electrons. The predicted molar refractivity (Wildman–Crippen MR) is 75.7 cm³/mol. The first-order valence-corrected chi connectivity index (χ1v) is 6.65. The summed E-state index contributed by atoms with van der Waals surface area (Å²) in [4.78, 5) is 27.5. The zero-order valence-electron chi connectivity index (χ0n) is 11.9. The van der Waals surface area contributed by atoms with E-state index in [2.05, 4.69) is 15.0 Å². The maximum absolute atomic E-state index is 12.3. The molecule has 0 aromatic carbocycles. The summed E-state index contributed by atoms with van der Waals surface area (Å²) in [5.74, 6) is 1.43. The molecular weight excluding hydrogens is 254 g/mol. The van der Waals surface area contributed by atoms with Gasteiger partial charge in [0.05, 0.1) is 17.8 Å². The number of aromatic nitrogens is 4. The van der Waals surface area contributed by atoms with Crippen LogP contribution in [0.3, 0.4) is 0 Å². The normalized spacial score (nSPS) is 14.2. The molecule has 0 aliphatic carbocycles. The van der Waals surface area contributed by atoms with Gasteiger partial charge in [0.25, 0.3) is 5.56 Å². The van der Waals surface area contributed by atoms with Crippen LogP contribution in [0, 0.1) is 13.8 Å². The minimum Gasteiger partial charge on any atom is -0.336 e. The number of fused-ring (bicyclic) bond motifs is 1. The number of aryl methyl sites for hydroxylation is 2. The van der Waals surface area contributed by atoms with E-state index >= 15 is 0 Å². The molecule has 2 aromatic heterocycles. The summed E-state index contributed by atoms with van der Waals surface area (Å²) in [6, 6.07) is 0. The molecule has 0 N–H and O–H groups in total. The van der Waals surface area contributed by atoms with Crippen molar-refractivity contribution in [2.45, 2.75) is 26.8 Å². The van der Waals surface area contributed by atoms with Crippen molar-refractivity contribution in [2.75, 3.05) is 11.4 Å². The van der Waals surface area contributed by atoms with Gasteiger partial charge >= 0.3 is 0 Å². The Kier molecular flexibility index (Phi) is 3.00. The average Bonchev–Trinajstić information content (AvgIpc) is 2.46. The Morgan fingerprint density at radius 1 is 1.20 bits per heavy atom. The zero-order valence-corrected chi connectivity index (χ0v) is 11.9. The molecule has 0 amide bonds. The highest BCUT2D eigenvalue weighted by atomic mass is 16.1. The summed E-state index contributed by atoms with van der Waals surface area (Å²) in [6.07, 6.45) is 4.34. The Bertz CT molecular complexity index is 705. The van der Waals surface area contributed by atoms with Crippen molar-refractivity contribution in [2.24, 2.45) is 7.05 Å². The maximum atomic E-state index is 12.3. The Morgan fingerprint density at radius 2 is 1.90 bits per heavy atom. The number of hydrogen-bond acceptors (Lipinski definition) is 5. The van der Waals surface area contributed by atoms with Crippen molar-refractivity contribution in [3.8, 4) is 0 Å². The highest BCUT2D eigenvalue weighted by Crippen LogP contribution is 2.18. The van der Waals surface area contributed by atoms with Crippen molar-refractivity contribution < 1.29 is 0 Å². The molecule has 0 unspecified atom stereocenters. The molecule has 20 heavy (non-hydrogen) atoms. The molecule has 0 radical (unpaired) electrons. The number of nitrogens with zero attached hydrogens (tertiary/aromatic N) is 5. The van der Waals surface area contributed by atoms with Crippen molar-refractivity contribution >= 4 is 5.95 Å². The van der Waals surface area contributed by atoms with Crippen molar-refractivity contribution in [1.82, 2.24) is 19.5 Å². The third kappa shape index (κ3) is 2.07. The first-order chi connectivity index (χ1) is 9.56. The summed E-state index contributed by atoms with van der Waals surface area (Å²) in [5, 5.41) is 0. The third-order valence-corrected chi connectivity index (χ3v) is 3.71. The zero-order chi connectivity index (χ0) is 14.3. The molecule has 3 rings (SSSR count). The van der Waals surface area contributed by atoms with E-state index in [0.717, 1.165) is 35.6 Å². The van der Waals surface area contributed by atoms with Gasteiger partial charge in [0.1, 0.15) is 5.82 Å². The van der Waals surface area contributed by atoms with Crippen molar-refractivity contribution in [3.63, 3.8) is 0 Å². The minimum absolute atomic E-state index is 0.0318. The summed E-state index contributed by atoms with van der Waals surface area (Å²) >= 11 is 0. The number of anilines is 1. The highest BCUT2D eigenvalue weighted by molar-refractivity contribution is 5.36. The largest absolute Gasteiger partial charge is 0.336 e. The van der Waals surface area contributed by atoms with Gasteiger partial charge in [-0.2, -0.15) is 0 Å². The Balaban J connectivity index is 1.98. The quantitative estimate of drug-likeness (QED) is 0.766. The van der Waals surface area contributed by atoms with Gasteiger partial charge in [0.15, 0.2) is 0 Å². The van der Waals surface area contributed by atoms with Crippen LogP contribution in [0.25, 0.3) is 0 Å². The Hall–Kier alpha value is -2.24. The standard InChI is InChI=1S/C14H17N5O/c1-9-6-15-14(16-7-9)19-5-4-12-11(8-19)13(20)18(3)10(2)17-12/h6-7H,4-5,8H2,1-3H3. The summed E-state index contributed by atoms with van der Waals surface area (Å²) < 4.78 is 1.60. The molecule has 0 spiro atoms. The van der Waals surface area contributed by atoms with Gasteiger partial charge in [0, 0.05) is 32.4 Å². The lowest BCUT2D eigenvalue weighted by atomic mass is 10.1. The van der Waals surface area contributed by atoms with Gasteiger partial charge in [-0.1, -0.05) is 0 Å². The van der Waals surface area contributed by atoms with E-state index < -0.39 is 0 Å². The van der Waals surface area contributed by atoms with E-state index in [1.54, 1.807) is 24.0 Å². The van der Waals surface area contributed by atoms with Crippen molar-refractivity contribution in [1.29, 1.82) is 0 Å². The average molecular weight is 271 g/mol. The topological polar surface area (TPSA) is 63.9 Å². The van der Waals surface area contributed by atoms with Crippen LogP contribution in [0.4, 0.5) is 5.95 Å². The monoisotopic (exact) mass is 271 g/mol. The van der Waals surface area contributed by atoms with Crippen LogP contribution in [0.1, 0.15) is 22.6 Å². The lowest BCUT2D eigenvalue weighted by molar-refractivity contribution is 0.643. The molecule has 1 aliphatic rings. The van der Waals surface area contributed by atoms with E-state index in [0.29, 0.717) is 12.5 Å². The van der Waals surface area contributed by atoms with Crippen molar-refractivity contribution in [3.05, 3.63) is 45.4 Å². The highest BCUT2D eigenvalue weighted by Gasteiger charge is 2.23. The van der Waals surface area contributed by atoms with E-state index in [-0.39, 0.29) is 5.56 Å². The third-order valence-electron chi connectivity index (χ3n) is 3.71. The Labute approximate surface area is 117 Å². The van der Waals surface area contributed by atoms with Gasteiger partial charge < -0.3 is 4.90 Å². The van der Waals surface area contributed by atoms with E-state index in [4.69, 9.17) is 0 Å².